The number of hydrogen-bond acceptors (Lipinski definition) is 2. The fourth-order valence-electron chi connectivity index (χ4n) is 1.91. The molecule has 1 aliphatic heterocycles. The normalized spacial score (nSPS) is 17.2. The van der Waals surface area contributed by atoms with Crippen LogP contribution < -0.4 is 5.73 Å². The first kappa shape index (κ1) is 11.7. The van der Waals surface area contributed by atoms with Crippen molar-refractivity contribution in [3.05, 3.63) is 39.9 Å². The SMILES string of the molecule is CC1=CCN(Cc2cc(N)ccc2Br)CC1. The average Bonchev–Trinajstić information content (AvgIpc) is 2.27. The summed E-state index contributed by atoms with van der Waals surface area (Å²) in [6, 6.07) is 6.00. The molecule has 2 N–H and O–H groups in total. The molecular formula is C13H17BrN2. The van der Waals surface area contributed by atoms with Crippen molar-refractivity contribution in [3.8, 4) is 0 Å². The second kappa shape index (κ2) is 5.02. The Labute approximate surface area is 105 Å². The molecule has 0 spiro atoms. The lowest BCUT2D eigenvalue weighted by atomic mass is 10.1. The van der Waals surface area contributed by atoms with Gasteiger partial charge in [-0.1, -0.05) is 27.6 Å². The number of hydrogen-bond donors (Lipinski definition) is 1. The highest BCUT2D eigenvalue weighted by atomic mass is 79.9. The number of rotatable bonds is 2. The number of nitrogens with two attached hydrogens (primary N) is 1. The first-order valence-corrected chi connectivity index (χ1v) is 6.36. The number of anilines is 1. The van der Waals surface area contributed by atoms with E-state index in [0.29, 0.717) is 0 Å². The van der Waals surface area contributed by atoms with Crippen LogP contribution in [0.4, 0.5) is 5.69 Å². The van der Waals surface area contributed by atoms with E-state index in [2.05, 4.69) is 39.9 Å². The van der Waals surface area contributed by atoms with Gasteiger partial charge in [-0.25, -0.2) is 0 Å². The van der Waals surface area contributed by atoms with Crippen LogP contribution in [0.15, 0.2) is 34.3 Å². The fourth-order valence-corrected chi connectivity index (χ4v) is 2.29. The molecule has 1 aromatic carbocycles. The average molecular weight is 281 g/mol. The molecule has 1 aromatic rings. The molecule has 0 radical (unpaired) electrons. The minimum Gasteiger partial charge on any atom is -0.399 e. The van der Waals surface area contributed by atoms with Crippen LogP contribution in [0.25, 0.3) is 0 Å². The van der Waals surface area contributed by atoms with E-state index in [1.165, 1.54) is 17.6 Å². The maximum absolute atomic E-state index is 5.80. The standard InChI is InChI=1S/C13H17BrN2/c1-10-4-6-16(7-5-10)9-11-8-12(15)2-3-13(11)14/h2-4,8H,5-7,9,15H2,1H3. The lowest BCUT2D eigenvalue weighted by Crippen LogP contribution is -2.28. The first-order chi connectivity index (χ1) is 7.65. The summed E-state index contributed by atoms with van der Waals surface area (Å²) in [5, 5.41) is 0. The minimum absolute atomic E-state index is 0.835. The predicted molar refractivity (Wildman–Crippen MR) is 72.2 cm³/mol. The molecule has 0 aliphatic carbocycles. The van der Waals surface area contributed by atoms with E-state index in [9.17, 15) is 0 Å². The number of halogens is 1. The molecule has 0 saturated heterocycles. The Morgan fingerprint density at radius 2 is 2.25 bits per heavy atom. The quantitative estimate of drug-likeness (QED) is 0.666. The van der Waals surface area contributed by atoms with Crippen molar-refractivity contribution in [3.63, 3.8) is 0 Å². The van der Waals surface area contributed by atoms with Gasteiger partial charge in [-0.05, 0) is 37.1 Å². The third-order valence-corrected chi connectivity index (χ3v) is 3.76. The van der Waals surface area contributed by atoms with Crippen molar-refractivity contribution in [1.29, 1.82) is 0 Å². The Morgan fingerprint density at radius 1 is 1.44 bits per heavy atom. The van der Waals surface area contributed by atoms with Gasteiger partial charge in [-0.15, -0.1) is 0 Å². The van der Waals surface area contributed by atoms with Gasteiger partial charge in [0.1, 0.15) is 0 Å². The van der Waals surface area contributed by atoms with Crippen LogP contribution in [0.2, 0.25) is 0 Å². The Kier molecular flexibility index (Phi) is 3.66. The zero-order valence-corrected chi connectivity index (χ0v) is 11.1. The fraction of sp³-hybridized carbons (Fsp3) is 0.385. The van der Waals surface area contributed by atoms with Crippen molar-refractivity contribution < 1.29 is 0 Å². The summed E-state index contributed by atoms with van der Waals surface area (Å²) in [5.41, 5.74) is 9.41. The van der Waals surface area contributed by atoms with Crippen molar-refractivity contribution in [2.24, 2.45) is 0 Å². The smallest absolute Gasteiger partial charge is 0.0318 e. The van der Waals surface area contributed by atoms with Gasteiger partial charge in [0.15, 0.2) is 0 Å². The van der Waals surface area contributed by atoms with Crippen LogP contribution in [0.5, 0.6) is 0 Å². The molecule has 2 nitrogen and oxygen atoms in total. The second-order valence-electron chi connectivity index (χ2n) is 4.39. The van der Waals surface area contributed by atoms with Crippen LogP contribution in [0.3, 0.4) is 0 Å². The van der Waals surface area contributed by atoms with Crippen molar-refractivity contribution >= 4 is 21.6 Å². The van der Waals surface area contributed by atoms with Gasteiger partial charge in [0.25, 0.3) is 0 Å². The van der Waals surface area contributed by atoms with Gasteiger partial charge in [0.2, 0.25) is 0 Å². The van der Waals surface area contributed by atoms with Gasteiger partial charge in [0.05, 0.1) is 0 Å². The largest absolute Gasteiger partial charge is 0.399 e. The minimum atomic E-state index is 0.835. The molecular weight excluding hydrogens is 264 g/mol. The maximum Gasteiger partial charge on any atom is 0.0318 e. The lowest BCUT2D eigenvalue weighted by molar-refractivity contribution is 0.285. The lowest BCUT2D eigenvalue weighted by Gasteiger charge is -2.25. The number of benzene rings is 1. The summed E-state index contributed by atoms with van der Waals surface area (Å²) in [4.78, 5) is 2.44. The molecule has 86 valence electrons. The van der Waals surface area contributed by atoms with Crippen molar-refractivity contribution in [1.82, 2.24) is 4.90 Å². The van der Waals surface area contributed by atoms with E-state index < -0.39 is 0 Å². The van der Waals surface area contributed by atoms with E-state index in [1.807, 2.05) is 12.1 Å². The van der Waals surface area contributed by atoms with Gasteiger partial charge < -0.3 is 5.73 Å². The van der Waals surface area contributed by atoms with Crippen LogP contribution in [-0.2, 0) is 6.54 Å². The molecule has 3 heteroatoms. The van der Waals surface area contributed by atoms with Crippen molar-refractivity contribution in [2.45, 2.75) is 19.9 Å². The molecule has 0 aromatic heterocycles. The van der Waals surface area contributed by atoms with Crippen LogP contribution in [-0.4, -0.2) is 18.0 Å². The Bertz CT molecular complexity index is 412. The Morgan fingerprint density at radius 3 is 2.94 bits per heavy atom. The highest BCUT2D eigenvalue weighted by Gasteiger charge is 2.11. The molecule has 0 saturated carbocycles. The van der Waals surface area contributed by atoms with E-state index in [4.69, 9.17) is 5.73 Å². The van der Waals surface area contributed by atoms with E-state index in [1.54, 1.807) is 0 Å². The van der Waals surface area contributed by atoms with Crippen LogP contribution in [0, 0.1) is 0 Å². The number of nitrogen functional groups attached to an aromatic ring is 1. The molecule has 1 heterocycles. The Balaban J connectivity index is 2.06. The molecule has 0 unspecified atom stereocenters. The van der Waals surface area contributed by atoms with Gasteiger partial charge >= 0.3 is 0 Å². The van der Waals surface area contributed by atoms with Crippen LogP contribution >= 0.6 is 15.9 Å². The highest BCUT2D eigenvalue weighted by Crippen LogP contribution is 2.22. The number of nitrogens with zero attached hydrogens (tertiary/aromatic N) is 1. The van der Waals surface area contributed by atoms with Gasteiger partial charge in [-0.3, -0.25) is 4.90 Å². The molecule has 0 atom stereocenters. The summed E-state index contributed by atoms with van der Waals surface area (Å²) >= 11 is 3.57. The summed E-state index contributed by atoms with van der Waals surface area (Å²) in [6.07, 6.45) is 3.49. The molecule has 1 aliphatic rings. The molecule has 0 bridgehead atoms. The van der Waals surface area contributed by atoms with Gasteiger partial charge in [0, 0.05) is 29.8 Å². The third-order valence-electron chi connectivity index (χ3n) is 2.98. The molecule has 2 rings (SSSR count). The zero-order chi connectivity index (χ0) is 11.5. The predicted octanol–water partition coefficient (Wildman–Crippen LogP) is 3.18. The second-order valence-corrected chi connectivity index (χ2v) is 5.24. The first-order valence-electron chi connectivity index (χ1n) is 5.57. The Hall–Kier alpha value is -0.800. The van der Waals surface area contributed by atoms with E-state index in [-0.39, 0.29) is 0 Å². The maximum atomic E-state index is 5.80. The summed E-state index contributed by atoms with van der Waals surface area (Å²) < 4.78 is 1.15. The molecule has 0 fully saturated rings. The van der Waals surface area contributed by atoms with E-state index >= 15 is 0 Å². The van der Waals surface area contributed by atoms with Gasteiger partial charge in [-0.2, -0.15) is 0 Å². The molecule has 0 amide bonds. The summed E-state index contributed by atoms with van der Waals surface area (Å²) in [6.45, 7) is 5.36. The third kappa shape index (κ3) is 2.86. The van der Waals surface area contributed by atoms with Crippen LogP contribution in [0.1, 0.15) is 18.9 Å². The molecule has 16 heavy (non-hydrogen) atoms. The topological polar surface area (TPSA) is 29.3 Å². The summed E-state index contributed by atoms with van der Waals surface area (Å²) in [5.74, 6) is 0. The van der Waals surface area contributed by atoms with Crippen molar-refractivity contribution in [2.75, 3.05) is 18.8 Å². The monoisotopic (exact) mass is 280 g/mol. The summed E-state index contributed by atoms with van der Waals surface area (Å²) in [7, 11) is 0. The highest BCUT2D eigenvalue weighted by molar-refractivity contribution is 9.10. The zero-order valence-electron chi connectivity index (χ0n) is 9.54. The van der Waals surface area contributed by atoms with E-state index in [0.717, 1.165) is 29.8 Å².